The summed E-state index contributed by atoms with van der Waals surface area (Å²) in [5.74, 6) is 0.585. The van der Waals surface area contributed by atoms with Crippen LogP contribution in [0.5, 0.6) is 0 Å². The molecule has 1 amide bonds. The molecular weight excluding hydrogens is 202 g/mol. The predicted octanol–water partition coefficient (Wildman–Crippen LogP) is 2.25. The van der Waals surface area contributed by atoms with E-state index in [0.717, 1.165) is 5.69 Å². The lowest BCUT2D eigenvalue weighted by molar-refractivity contribution is -0.118. The maximum absolute atomic E-state index is 11.4. The normalized spacial score (nSPS) is 14.9. The van der Waals surface area contributed by atoms with Crippen molar-refractivity contribution in [3.05, 3.63) is 18.3 Å². The molecule has 1 aromatic rings. The van der Waals surface area contributed by atoms with Crippen LogP contribution in [0.2, 0.25) is 0 Å². The minimum absolute atomic E-state index is 0.00426. The monoisotopic (exact) mass is 219 g/mol. The van der Waals surface area contributed by atoms with Gasteiger partial charge in [0.25, 0.3) is 0 Å². The van der Waals surface area contributed by atoms with Crippen LogP contribution in [-0.2, 0) is 4.79 Å². The molecule has 1 aliphatic carbocycles. The second-order valence-electron chi connectivity index (χ2n) is 4.49. The van der Waals surface area contributed by atoms with Gasteiger partial charge < -0.3 is 10.6 Å². The topological polar surface area (TPSA) is 54.0 Å². The Morgan fingerprint density at radius 1 is 1.44 bits per heavy atom. The Balaban J connectivity index is 1.93. The quantitative estimate of drug-likeness (QED) is 0.816. The fraction of sp³-hybridized carbons (Fsp3) is 0.500. The zero-order valence-electron chi connectivity index (χ0n) is 9.66. The lowest BCUT2D eigenvalue weighted by atomic mass is 10.2. The van der Waals surface area contributed by atoms with E-state index in [-0.39, 0.29) is 11.8 Å². The molecule has 1 aromatic heterocycles. The molecule has 0 spiro atoms. The Hall–Kier alpha value is -1.58. The molecule has 0 aliphatic heterocycles. The summed E-state index contributed by atoms with van der Waals surface area (Å²) >= 11 is 0. The Kier molecular flexibility index (Phi) is 3.08. The summed E-state index contributed by atoms with van der Waals surface area (Å²) in [5.41, 5.74) is 1.02. The van der Waals surface area contributed by atoms with Crippen molar-refractivity contribution in [1.29, 1.82) is 0 Å². The Labute approximate surface area is 95.5 Å². The summed E-state index contributed by atoms with van der Waals surface area (Å²) < 4.78 is 0. The third-order valence-corrected chi connectivity index (χ3v) is 2.49. The number of carbonyl (C=O) groups excluding carboxylic acids is 1. The zero-order valence-corrected chi connectivity index (χ0v) is 9.66. The fourth-order valence-electron chi connectivity index (χ4n) is 1.29. The molecule has 2 N–H and O–H groups in total. The number of anilines is 2. The average molecular weight is 219 g/mol. The lowest BCUT2D eigenvalue weighted by Crippen LogP contribution is -2.18. The molecule has 1 heterocycles. The maximum Gasteiger partial charge on any atom is 0.228 e. The summed E-state index contributed by atoms with van der Waals surface area (Å²) in [4.78, 5) is 15.6. The number of amides is 1. The van der Waals surface area contributed by atoms with Gasteiger partial charge in [0.1, 0.15) is 5.82 Å². The first kappa shape index (κ1) is 10.9. The van der Waals surface area contributed by atoms with Crippen LogP contribution >= 0.6 is 0 Å². The number of hydrogen-bond acceptors (Lipinski definition) is 3. The van der Waals surface area contributed by atoms with Crippen LogP contribution in [0, 0.1) is 5.92 Å². The highest BCUT2D eigenvalue weighted by molar-refractivity contribution is 5.91. The zero-order chi connectivity index (χ0) is 11.5. The van der Waals surface area contributed by atoms with Crippen LogP contribution in [0.4, 0.5) is 11.5 Å². The number of pyridine rings is 1. The second kappa shape index (κ2) is 4.51. The van der Waals surface area contributed by atoms with Crippen LogP contribution in [-0.4, -0.2) is 16.9 Å². The number of aromatic nitrogens is 1. The Morgan fingerprint density at radius 2 is 2.19 bits per heavy atom. The number of hydrogen-bond donors (Lipinski definition) is 2. The molecule has 0 radical (unpaired) electrons. The number of nitrogens with zero attached hydrogens (tertiary/aromatic N) is 1. The molecule has 0 atom stereocenters. The minimum Gasteiger partial charge on any atom is -0.381 e. The van der Waals surface area contributed by atoms with Crippen molar-refractivity contribution in [1.82, 2.24) is 4.98 Å². The van der Waals surface area contributed by atoms with E-state index in [1.54, 1.807) is 6.20 Å². The molecule has 1 saturated carbocycles. The van der Waals surface area contributed by atoms with Gasteiger partial charge in [-0.05, 0) is 25.0 Å². The van der Waals surface area contributed by atoms with Crippen molar-refractivity contribution in [3.63, 3.8) is 0 Å². The van der Waals surface area contributed by atoms with E-state index in [2.05, 4.69) is 15.6 Å². The van der Waals surface area contributed by atoms with Gasteiger partial charge in [-0.3, -0.25) is 4.79 Å². The lowest BCUT2D eigenvalue weighted by Gasteiger charge is -2.08. The summed E-state index contributed by atoms with van der Waals surface area (Å²) in [6.07, 6.45) is 4.24. The minimum atomic E-state index is -0.0222. The molecule has 0 bridgehead atoms. The predicted molar refractivity (Wildman–Crippen MR) is 64.3 cm³/mol. The number of nitrogens with one attached hydrogen (secondary N) is 2. The van der Waals surface area contributed by atoms with Crippen LogP contribution in [0.25, 0.3) is 0 Å². The van der Waals surface area contributed by atoms with E-state index in [1.807, 2.05) is 26.0 Å². The first-order chi connectivity index (χ1) is 7.65. The van der Waals surface area contributed by atoms with E-state index < -0.39 is 0 Å². The molecule has 0 saturated heterocycles. The molecule has 86 valence electrons. The van der Waals surface area contributed by atoms with Gasteiger partial charge in [0, 0.05) is 12.0 Å². The summed E-state index contributed by atoms with van der Waals surface area (Å²) in [6, 6.07) is 4.39. The van der Waals surface area contributed by atoms with Crippen molar-refractivity contribution < 1.29 is 4.79 Å². The standard InChI is InChI=1S/C12H17N3O/c1-8(2)12(16)15-11-6-5-10(7-13-11)14-9-3-4-9/h5-9,14H,3-4H2,1-2H3,(H,13,15,16). The van der Waals surface area contributed by atoms with Crippen LogP contribution in [0.15, 0.2) is 18.3 Å². The van der Waals surface area contributed by atoms with Crippen molar-refractivity contribution >= 4 is 17.4 Å². The van der Waals surface area contributed by atoms with Crippen molar-refractivity contribution in [2.24, 2.45) is 5.92 Å². The summed E-state index contributed by atoms with van der Waals surface area (Å²) in [7, 11) is 0. The highest BCUT2D eigenvalue weighted by atomic mass is 16.1. The third kappa shape index (κ3) is 2.95. The molecule has 0 unspecified atom stereocenters. The van der Waals surface area contributed by atoms with Crippen molar-refractivity contribution in [3.8, 4) is 0 Å². The maximum atomic E-state index is 11.4. The first-order valence-electron chi connectivity index (χ1n) is 5.68. The highest BCUT2D eigenvalue weighted by Gasteiger charge is 2.20. The van der Waals surface area contributed by atoms with Gasteiger partial charge in [-0.25, -0.2) is 4.98 Å². The average Bonchev–Trinajstić information content (AvgIpc) is 3.04. The molecule has 16 heavy (non-hydrogen) atoms. The SMILES string of the molecule is CC(C)C(=O)Nc1ccc(NC2CC2)cn1. The van der Waals surface area contributed by atoms with Crippen molar-refractivity contribution in [2.45, 2.75) is 32.7 Å². The second-order valence-corrected chi connectivity index (χ2v) is 4.49. The third-order valence-electron chi connectivity index (χ3n) is 2.49. The van der Waals surface area contributed by atoms with Gasteiger partial charge >= 0.3 is 0 Å². The van der Waals surface area contributed by atoms with Gasteiger partial charge in [0.05, 0.1) is 11.9 Å². The fourth-order valence-corrected chi connectivity index (χ4v) is 1.29. The first-order valence-corrected chi connectivity index (χ1v) is 5.68. The van der Waals surface area contributed by atoms with Crippen LogP contribution in [0.1, 0.15) is 26.7 Å². The molecule has 0 aromatic carbocycles. The van der Waals surface area contributed by atoms with Crippen LogP contribution < -0.4 is 10.6 Å². The van der Waals surface area contributed by atoms with E-state index in [1.165, 1.54) is 12.8 Å². The molecule has 1 aliphatic rings. The van der Waals surface area contributed by atoms with Gasteiger partial charge in [0.15, 0.2) is 0 Å². The van der Waals surface area contributed by atoms with Crippen molar-refractivity contribution in [2.75, 3.05) is 10.6 Å². The number of carbonyl (C=O) groups is 1. The Bertz CT molecular complexity index is 368. The molecule has 2 rings (SSSR count). The van der Waals surface area contributed by atoms with E-state index in [0.29, 0.717) is 11.9 Å². The van der Waals surface area contributed by atoms with Crippen LogP contribution in [0.3, 0.4) is 0 Å². The van der Waals surface area contributed by atoms with E-state index >= 15 is 0 Å². The van der Waals surface area contributed by atoms with Gasteiger partial charge in [-0.1, -0.05) is 13.8 Å². The molecular formula is C12H17N3O. The summed E-state index contributed by atoms with van der Waals surface area (Å²) in [5, 5.41) is 6.10. The highest BCUT2D eigenvalue weighted by Crippen LogP contribution is 2.24. The largest absolute Gasteiger partial charge is 0.381 e. The van der Waals surface area contributed by atoms with Gasteiger partial charge in [-0.15, -0.1) is 0 Å². The van der Waals surface area contributed by atoms with E-state index in [4.69, 9.17) is 0 Å². The molecule has 4 heteroatoms. The summed E-state index contributed by atoms with van der Waals surface area (Å²) in [6.45, 7) is 3.72. The van der Waals surface area contributed by atoms with Gasteiger partial charge in [-0.2, -0.15) is 0 Å². The smallest absolute Gasteiger partial charge is 0.228 e. The molecule has 4 nitrogen and oxygen atoms in total. The number of rotatable bonds is 4. The Morgan fingerprint density at radius 3 is 2.69 bits per heavy atom. The van der Waals surface area contributed by atoms with Gasteiger partial charge in [0.2, 0.25) is 5.91 Å². The van der Waals surface area contributed by atoms with E-state index in [9.17, 15) is 4.79 Å². The molecule has 1 fully saturated rings.